The van der Waals surface area contributed by atoms with E-state index in [1.807, 2.05) is 13.0 Å². The molecule has 3 aromatic rings. The Morgan fingerprint density at radius 2 is 1.97 bits per heavy atom. The molecule has 0 aliphatic carbocycles. The van der Waals surface area contributed by atoms with Gasteiger partial charge in [-0.1, -0.05) is 25.1 Å². The van der Waals surface area contributed by atoms with Gasteiger partial charge in [0, 0.05) is 29.6 Å². The number of alkyl halides is 3. The summed E-state index contributed by atoms with van der Waals surface area (Å²) >= 11 is 1.27. The first-order valence-electron chi connectivity index (χ1n) is 9.47. The second-order valence-corrected chi connectivity index (χ2v) is 8.10. The highest BCUT2D eigenvalue weighted by atomic mass is 32.1. The van der Waals surface area contributed by atoms with Crippen molar-refractivity contribution in [2.24, 2.45) is 18.5 Å². The number of nitrogens with zero attached hydrogens (tertiary/aromatic N) is 2. The standard InChI is InChI=1S/C21H23F3N4OS/c1-3-16-18(15-8-9-27-28(15)2)17(19(30-16)20(26)29)13(11-25)10-12-6-4-5-7-14(12)21(22,23)24/h4-9,13H,3,10-11,25H2,1-2H3,(H2,26,29)/t13-/m1/s1. The molecule has 0 saturated heterocycles. The predicted molar refractivity (Wildman–Crippen MR) is 111 cm³/mol. The van der Waals surface area contributed by atoms with Gasteiger partial charge in [0.15, 0.2) is 0 Å². The molecule has 0 bridgehead atoms. The average Bonchev–Trinajstić information content (AvgIpc) is 3.28. The van der Waals surface area contributed by atoms with Crippen molar-refractivity contribution in [1.82, 2.24) is 9.78 Å². The van der Waals surface area contributed by atoms with Crippen LogP contribution in [-0.4, -0.2) is 22.2 Å². The summed E-state index contributed by atoms with van der Waals surface area (Å²) in [4.78, 5) is 13.5. The molecule has 0 spiro atoms. The Morgan fingerprint density at radius 1 is 1.27 bits per heavy atom. The smallest absolute Gasteiger partial charge is 0.365 e. The molecule has 9 heteroatoms. The molecular weight excluding hydrogens is 413 g/mol. The molecule has 1 aromatic carbocycles. The number of nitrogens with two attached hydrogens (primary N) is 2. The van der Waals surface area contributed by atoms with E-state index in [9.17, 15) is 18.0 Å². The second kappa shape index (κ2) is 8.61. The van der Waals surface area contributed by atoms with Crippen LogP contribution in [0.25, 0.3) is 11.3 Å². The van der Waals surface area contributed by atoms with Crippen LogP contribution in [0.15, 0.2) is 36.5 Å². The van der Waals surface area contributed by atoms with E-state index in [1.54, 1.807) is 24.0 Å². The lowest BCUT2D eigenvalue weighted by atomic mass is 9.86. The van der Waals surface area contributed by atoms with Crippen LogP contribution >= 0.6 is 11.3 Å². The van der Waals surface area contributed by atoms with E-state index in [-0.39, 0.29) is 18.5 Å². The number of thiophene rings is 1. The first-order chi connectivity index (χ1) is 14.2. The lowest BCUT2D eigenvalue weighted by Crippen LogP contribution is -2.21. The van der Waals surface area contributed by atoms with Crippen molar-refractivity contribution in [2.75, 3.05) is 6.54 Å². The molecule has 1 atom stereocenters. The molecule has 0 fully saturated rings. The summed E-state index contributed by atoms with van der Waals surface area (Å²) in [6.07, 6.45) is -2.16. The van der Waals surface area contributed by atoms with E-state index in [4.69, 9.17) is 11.5 Å². The molecule has 2 heterocycles. The fourth-order valence-corrected chi connectivity index (χ4v) is 4.94. The van der Waals surface area contributed by atoms with Crippen LogP contribution in [0.2, 0.25) is 0 Å². The van der Waals surface area contributed by atoms with Gasteiger partial charge in [0.1, 0.15) is 0 Å². The zero-order valence-corrected chi connectivity index (χ0v) is 17.5. The monoisotopic (exact) mass is 436 g/mol. The highest BCUT2D eigenvalue weighted by molar-refractivity contribution is 7.14. The Balaban J connectivity index is 2.19. The van der Waals surface area contributed by atoms with Crippen molar-refractivity contribution < 1.29 is 18.0 Å². The fraction of sp³-hybridized carbons (Fsp3) is 0.333. The van der Waals surface area contributed by atoms with Gasteiger partial charge in [0.2, 0.25) is 0 Å². The molecule has 0 aliphatic rings. The molecule has 5 nitrogen and oxygen atoms in total. The third-order valence-electron chi connectivity index (χ3n) is 5.12. The maximum Gasteiger partial charge on any atom is 0.416 e. The molecule has 160 valence electrons. The topological polar surface area (TPSA) is 86.9 Å². The number of halogens is 3. The molecule has 0 radical (unpaired) electrons. The molecule has 0 aliphatic heterocycles. The van der Waals surface area contributed by atoms with E-state index >= 15 is 0 Å². The predicted octanol–water partition coefficient (Wildman–Crippen LogP) is 4.11. The summed E-state index contributed by atoms with van der Waals surface area (Å²) in [5.41, 5.74) is 13.3. The normalized spacial score (nSPS) is 12.9. The van der Waals surface area contributed by atoms with Crippen molar-refractivity contribution in [3.63, 3.8) is 0 Å². The summed E-state index contributed by atoms with van der Waals surface area (Å²) in [6, 6.07) is 7.25. The summed E-state index contributed by atoms with van der Waals surface area (Å²) in [6.45, 7) is 2.02. The Hall–Kier alpha value is -2.65. The Kier molecular flexibility index (Phi) is 6.33. The Morgan fingerprint density at radius 3 is 2.50 bits per heavy atom. The molecule has 4 N–H and O–H groups in total. The van der Waals surface area contributed by atoms with Crippen LogP contribution < -0.4 is 11.5 Å². The van der Waals surface area contributed by atoms with Crippen LogP contribution in [-0.2, 0) is 26.1 Å². The van der Waals surface area contributed by atoms with Crippen LogP contribution in [0.3, 0.4) is 0 Å². The van der Waals surface area contributed by atoms with E-state index in [1.165, 1.54) is 23.5 Å². The van der Waals surface area contributed by atoms with Crippen LogP contribution in [0.4, 0.5) is 13.2 Å². The van der Waals surface area contributed by atoms with Gasteiger partial charge < -0.3 is 11.5 Å². The Labute approximate surface area is 176 Å². The number of benzene rings is 1. The summed E-state index contributed by atoms with van der Waals surface area (Å²) in [7, 11) is 1.77. The number of aromatic nitrogens is 2. The van der Waals surface area contributed by atoms with E-state index in [0.29, 0.717) is 16.9 Å². The highest BCUT2D eigenvalue weighted by Gasteiger charge is 2.35. The SMILES string of the molecule is CCc1sc(C(N)=O)c([C@@H](CN)Cc2ccccc2C(F)(F)F)c1-c1ccnn1C. The third kappa shape index (κ3) is 4.13. The van der Waals surface area contributed by atoms with Gasteiger partial charge >= 0.3 is 6.18 Å². The molecular formula is C21H23F3N4OS. The number of rotatable bonds is 7. The van der Waals surface area contributed by atoms with Gasteiger partial charge in [-0.3, -0.25) is 9.48 Å². The highest BCUT2D eigenvalue weighted by Crippen LogP contribution is 2.43. The number of carbonyl (C=O) groups is 1. The number of aryl methyl sites for hydroxylation is 2. The van der Waals surface area contributed by atoms with Crippen molar-refractivity contribution in [3.8, 4) is 11.3 Å². The maximum atomic E-state index is 13.5. The van der Waals surface area contributed by atoms with Crippen molar-refractivity contribution >= 4 is 17.2 Å². The summed E-state index contributed by atoms with van der Waals surface area (Å²) < 4.78 is 42.2. The first kappa shape index (κ1) is 22.0. The Bertz CT molecular complexity index is 1050. The third-order valence-corrected chi connectivity index (χ3v) is 6.49. The maximum absolute atomic E-state index is 13.5. The number of hydrogen-bond acceptors (Lipinski definition) is 4. The summed E-state index contributed by atoms with van der Waals surface area (Å²) in [5, 5.41) is 4.20. The quantitative estimate of drug-likeness (QED) is 0.584. The minimum Gasteiger partial charge on any atom is -0.365 e. The van der Waals surface area contributed by atoms with Gasteiger partial charge in [-0.2, -0.15) is 18.3 Å². The van der Waals surface area contributed by atoms with Crippen molar-refractivity contribution in [3.05, 3.63) is 63.0 Å². The minimum atomic E-state index is -4.48. The van der Waals surface area contributed by atoms with E-state index in [2.05, 4.69) is 5.10 Å². The second-order valence-electron chi connectivity index (χ2n) is 6.99. The molecule has 30 heavy (non-hydrogen) atoms. The van der Waals surface area contributed by atoms with Gasteiger partial charge in [0.05, 0.1) is 16.1 Å². The van der Waals surface area contributed by atoms with Gasteiger partial charge in [-0.15, -0.1) is 11.3 Å². The van der Waals surface area contributed by atoms with Crippen LogP contribution in [0.1, 0.15) is 44.1 Å². The number of hydrogen-bond donors (Lipinski definition) is 2. The zero-order chi connectivity index (χ0) is 22.1. The molecule has 2 aromatic heterocycles. The molecule has 3 rings (SSSR count). The summed E-state index contributed by atoms with van der Waals surface area (Å²) in [5.74, 6) is -1.13. The molecule has 0 saturated carbocycles. The van der Waals surface area contributed by atoms with Gasteiger partial charge in [-0.25, -0.2) is 0 Å². The van der Waals surface area contributed by atoms with Crippen molar-refractivity contribution in [1.29, 1.82) is 0 Å². The number of amides is 1. The van der Waals surface area contributed by atoms with Gasteiger partial charge in [-0.05, 0) is 42.6 Å². The van der Waals surface area contributed by atoms with E-state index < -0.39 is 23.6 Å². The molecule has 1 amide bonds. The lowest BCUT2D eigenvalue weighted by molar-refractivity contribution is -0.138. The number of primary amides is 1. The van der Waals surface area contributed by atoms with Crippen LogP contribution in [0.5, 0.6) is 0 Å². The van der Waals surface area contributed by atoms with Crippen molar-refractivity contribution in [2.45, 2.75) is 31.9 Å². The lowest BCUT2D eigenvalue weighted by Gasteiger charge is -2.21. The van der Waals surface area contributed by atoms with E-state index in [0.717, 1.165) is 22.2 Å². The average molecular weight is 437 g/mol. The fourth-order valence-electron chi connectivity index (χ4n) is 3.76. The zero-order valence-electron chi connectivity index (χ0n) is 16.7. The minimum absolute atomic E-state index is 0.0389. The van der Waals surface area contributed by atoms with Crippen LogP contribution in [0, 0.1) is 0 Å². The first-order valence-corrected chi connectivity index (χ1v) is 10.3. The number of carbonyl (C=O) groups excluding carboxylic acids is 1. The largest absolute Gasteiger partial charge is 0.416 e. The van der Waals surface area contributed by atoms with Gasteiger partial charge in [0.25, 0.3) is 5.91 Å². The molecule has 0 unspecified atom stereocenters.